The summed E-state index contributed by atoms with van der Waals surface area (Å²) < 4.78 is 10.3. The molecule has 1 aromatic heterocycles. The van der Waals surface area contributed by atoms with Crippen LogP contribution in [0, 0.1) is 26.7 Å². The number of nitrogens with one attached hydrogen (secondary N) is 1. The number of methoxy groups -OCH3 is 2. The van der Waals surface area contributed by atoms with Crippen molar-refractivity contribution in [2.45, 2.75) is 33.1 Å². The summed E-state index contributed by atoms with van der Waals surface area (Å²) in [7, 11) is 3.00. The lowest BCUT2D eigenvalue weighted by Gasteiger charge is -2.10. The number of hydrogen-bond acceptors (Lipinski definition) is 5. The number of carbonyl (C=O) groups is 2. The normalized spacial score (nSPS) is 17.0. The highest BCUT2D eigenvalue weighted by Gasteiger charge is 2.44. The summed E-state index contributed by atoms with van der Waals surface area (Å²) in [6.45, 7) is 6.07. The van der Waals surface area contributed by atoms with Crippen LogP contribution in [-0.4, -0.2) is 26.1 Å². The Balaban J connectivity index is 1.60. The molecule has 1 aliphatic rings. The molecular weight excluding hydrogens is 422 g/mol. The van der Waals surface area contributed by atoms with Crippen LogP contribution in [0.25, 0.3) is 11.1 Å². The van der Waals surface area contributed by atoms with Gasteiger partial charge in [0.15, 0.2) is 0 Å². The van der Waals surface area contributed by atoms with Crippen molar-refractivity contribution in [1.29, 1.82) is 0 Å². The third-order valence-electron chi connectivity index (χ3n) is 6.18. The second kappa shape index (κ2) is 8.79. The Morgan fingerprint density at radius 2 is 1.72 bits per heavy atom. The minimum Gasteiger partial charge on any atom is -0.497 e. The van der Waals surface area contributed by atoms with Crippen molar-refractivity contribution < 1.29 is 19.1 Å². The summed E-state index contributed by atoms with van der Waals surface area (Å²) in [5.41, 5.74) is 5.65. The second-order valence-corrected chi connectivity index (χ2v) is 9.46. The van der Waals surface area contributed by atoms with Gasteiger partial charge in [0.25, 0.3) is 0 Å². The van der Waals surface area contributed by atoms with Gasteiger partial charge in [-0.2, -0.15) is 0 Å². The molecule has 0 saturated heterocycles. The number of anilines is 1. The fourth-order valence-electron chi connectivity index (χ4n) is 4.08. The van der Waals surface area contributed by atoms with Crippen LogP contribution in [-0.2, 0) is 9.53 Å². The van der Waals surface area contributed by atoms with Gasteiger partial charge >= 0.3 is 5.97 Å². The molecule has 166 valence electrons. The Morgan fingerprint density at radius 3 is 2.34 bits per heavy atom. The largest absolute Gasteiger partial charge is 0.497 e. The first-order valence-corrected chi connectivity index (χ1v) is 11.4. The van der Waals surface area contributed by atoms with Crippen molar-refractivity contribution in [3.63, 3.8) is 0 Å². The Bertz CT molecular complexity index is 1180. The zero-order chi connectivity index (χ0) is 23.0. The van der Waals surface area contributed by atoms with Crippen molar-refractivity contribution in [3.8, 4) is 16.9 Å². The van der Waals surface area contributed by atoms with Gasteiger partial charge in [-0.3, -0.25) is 4.79 Å². The van der Waals surface area contributed by atoms with Crippen LogP contribution in [0.4, 0.5) is 5.00 Å². The summed E-state index contributed by atoms with van der Waals surface area (Å²) in [6.07, 6.45) is 0.792. The third kappa shape index (κ3) is 4.15. The van der Waals surface area contributed by atoms with Crippen LogP contribution < -0.4 is 10.1 Å². The van der Waals surface area contributed by atoms with Gasteiger partial charge in [0.05, 0.1) is 14.2 Å². The molecule has 0 spiro atoms. The molecule has 1 amide bonds. The molecule has 3 aromatic rings. The monoisotopic (exact) mass is 449 g/mol. The molecule has 0 radical (unpaired) electrons. The molecule has 6 heteroatoms. The summed E-state index contributed by atoms with van der Waals surface area (Å²) in [6, 6.07) is 14.0. The van der Waals surface area contributed by atoms with E-state index < -0.39 is 5.97 Å². The number of ether oxygens (including phenoxy) is 2. The van der Waals surface area contributed by atoms with E-state index in [1.54, 1.807) is 7.11 Å². The summed E-state index contributed by atoms with van der Waals surface area (Å²) >= 11 is 1.42. The van der Waals surface area contributed by atoms with E-state index in [-0.39, 0.29) is 17.7 Å². The number of esters is 1. The Hall–Kier alpha value is -3.12. The van der Waals surface area contributed by atoms with Crippen molar-refractivity contribution in [2.24, 2.45) is 5.92 Å². The van der Waals surface area contributed by atoms with Gasteiger partial charge in [0.2, 0.25) is 5.91 Å². The third-order valence-corrected chi connectivity index (χ3v) is 7.20. The number of thiophene rings is 1. The van der Waals surface area contributed by atoms with E-state index >= 15 is 0 Å². The number of benzene rings is 2. The predicted molar refractivity (Wildman–Crippen MR) is 128 cm³/mol. The number of carbonyl (C=O) groups excluding carboxylic acids is 2. The summed E-state index contributed by atoms with van der Waals surface area (Å²) in [5.74, 6) is 0.361. The molecule has 32 heavy (non-hydrogen) atoms. The Kier molecular flexibility index (Phi) is 6.07. The molecule has 5 nitrogen and oxygen atoms in total. The molecule has 2 atom stereocenters. The molecule has 4 rings (SSSR count). The number of rotatable bonds is 6. The minimum atomic E-state index is -0.444. The van der Waals surface area contributed by atoms with Crippen LogP contribution >= 0.6 is 11.3 Å². The first-order chi connectivity index (χ1) is 15.3. The van der Waals surface area contributed by atoms with Crippen LogP contribution in [0.2, 0.25) is 0 Å². The quantitative estimate of drug-likeness (QED) is 0.478. The second-order valence-electron chi connectivity index (χ2n) is 8.24. The lowest BCUT2D eigenvalue weighted by atomic mass is 9.97. The SMILES string of the molecule is COC(=O)c1c(NC(=O)C2CC2c2ccc(OC)cc2)sc(C)c1-c1ccc(C)c(C)c1. The Labute approximate surface area is 192 Å². The number of aryl methyl sites for hydroxylation is 3. The first kappa shape index (κ1) is 22.1. The fourth-order valence-corrected chi connectivity index (χ4v) is 5.15. The average Bonchev–Trinajstić information content (AvgIpc) is 3.53. The van der Waals surface area contributed by atoms with E-state index in [9.17, 15) is 9.59 Å². The average molecular weight is 450 g/mol. The van der Waals surface area contributed by atoms with Gasteiger partial charge < -0.3 is 14.8 Å². The van der Waals surface area contributed by atoms with Crippen LogP contribution in [0.3, 0.4) is 0 Å². The standard InChI is InChI=1S/C26H27NO4S/c1-14-6-7-18(12-15(14)2)22-16(3)32-25(23(22)26(29)31-5)27-24(28)21-13-20(21)17-8-10-19(30-4)11-9-17/h6-12,20-21H,13H2,1-5H3,(H,27,28). The lowest BCUT2D eigenvalue weighted by molar-refractivity contribution is -0.117. The van der Waals surface area contributed by atoms with Crippen molar-refractivity contribution in [1.82, 2.24) is 0 Å². The van der Waals surface area contributed by atoms with Gasteiger partial charge in [0, 0.05) is 16.4 Å². The summed E-state index contributed by atoms with van der Waals surface area (Å²) in [5, 5.41) is 3.57. The van der Waals surface area contributed by atoms with Crippen LogP contribution in [0.5, 0.6) is 5.75 Å². The zero-order valence-corrected chi connectivity index (χ0v) is 19.8. The van der Waals surface area contributed by atoms with E-state index in [2.05, 4.69) is 18.3 Å². The maximum Gasteiger partial charge on any atom is 0.341 e. The number of hydrogen-bond donors (Lipinski definition) is 1. The molecule has 1 fully saturated rings. The van der Waals surface area contributed by atoms with Crippen molar-refractivity contribution in [2.75, 3.05) is 19.5 Å². The van der Waals surface area contributed by atoms with E-state index in [0.29, 0.717) is 10.6 Å². The molecule has 0 aliphatic heterocycles. The smallest absolute Gasteiger partial charge is 0.341 e. The van der Waals surface area contributed by atoms with E-state index in [1.807, 2.05) is 50.2 Å². The van der Waals surface area contributed by atoms with Crippen LogP contribution in [0.15, 0.2) is 42.5 Å². The molecule has 1 aliphatic carbocycles. The van der Waals surface area contributed by atoms with Gasteiger partial charge in [0.1, 0.15) is 16.3 Å². The van der Waals surface area contributed by atoms with E-state index in [0.717, 1.165) is 39.3 Å². The highest BCUT2D eigenvalue weighted by atomic mass is 32.1. The van der Waals surface area contributed by atoms with Gasteiger partial charge in [-0.05, 0) is 67.5 Å². The zero-order valence-electron chi connectivity index (χ0n) is 18.9. The molecule has 1 heterocycles. The number of amides is 1. The topological polar surface area (TPSA) is 64.6 Å². The van der Waals surface area contributed by atoms with Gasteiger partial charge in [-0.1, -0.05) is 30.3 Å². The molecule has 1 saturated carbocycles. The molecular formula is C26H27NO4S. The molecule has 1 N–H and O–H groups in total. The van der Waals surface area contributed by atoms with Gasteiger partial charge in [-0.15, -0.1) is 11.3 Å². The predicted octanol–water partition coefficient (Wildman–Crippen LogP) is 5.88. The van der Waals surface area contributed by atoms with E-state index in [4.69, 9.17) is 9.47 Å². The van der Waals surface area contributed by atoms with Crippen molar-refractivity contribution in [3.05, 3.63) is 69.6 Å². The molecule has 2 unspecified atom stereocenters. The maximum absolute atomic E-state index is 13.0. The highest BCUT2D eigenvalue weighted by Crippen LogP contribution is 2.49. The molecule has 0 bridgehead atoms. The first-order valence-electron chi connectivity index (χ1n) is 10.6. The highest BCUT2D eigenvalue weighted by molar-refractivity contribution is 7.17. The maximum atomic E-state index is 13.0. The minimum absolute atomic E-state index is 0.0659. The van der Waals surface area contributed by atoms with E-state index in [1.165, 1.54) is 24.0 Å². The summed E-state index contributed by atoms with van der Waals surface area (Å²) in [4.78, 5) is 26.7. The van der Waals surface area contributed by atoms with Gasteiger partial charge in [-0.25, -0.2) is 4.79 Å². The molecule has 2 aromatic carbocycles. The fraction of sp³-hybridized carbons (Fsp3) is 0.308. The van der Waals surface area contributed by atoms with Crippen LogP contribution in [0.1, 0.15) is 44.3 Å². The van der Waals surface area contributed by atoms with Crippen molar-refractivity contribution >= 4 is 28.2 Å². The lowest BCUT2D eigenvalue weighted by Crippen LogP contribution is -2.16. The Morgan fingerprint density at radius 1 is 1.00 bits per heavy atom.